The van der Waals surface area contributed by atoms with Crippen molar-refractivity contribution in [2.75, 3.05) is 32.9 Å². The molecule has 1 aliphatic heterocycles. The highest BCUT2D eigenvalue weighted by atomic mass is 16.5. The molecule has 0 aromatic carbocycles. The zero-order valence-electron chi connectivity index (χ0n) is 9.98. The summed E-state index contributed by atoms with van der Waals surface area (Å²) in [6.45, 7) is 6.18. The fraction of sp³-hybridized carbons (Fsp3) is 0.583. The molecule has 5 heteroatoms. The molecule has 1 aliphatic rings. The zero-order valence-corrected chi connectivity index (χ0v) is 9.98. The van der Waals surface area contributed by atoms with Crippen LogP contribution in [-0.2, 0) is 16.0 Å². The molecule has 0 unspecified atom stereocenters. The third kappa shape index (κ3) is 3.31. The fourth-order valence-electron chi connectivity index (χ4n) is 1.76. The Morgan fingerprint density at radius 3 is 2.94 bits per heavy atom. The van der Waals surface area contributed by atoms with Crippen molar-refractivity contribution < 1.29 is 18.7 Å². The number of ether oxygens (including phenoxy) is 2. The van der Waals surface area contributed by atoms with Crippen molar-refractivity contribution in [1.82, 2.24) is 4.90 Å². The Morgan fingerprint density at radius 1 is 1.47 bits per heavy atom. The van der Waals surface area contributed by atoms with Crippen LogP contribution in [0.3, 0.4) is 0 Å². The van der Waals surface area contributed by atoms with Crippen LogP contribution in [0.15, 0.2) is 16.7 Å². The molecular weight excluding hydrogens is 222 g/mol. The lowest BCUT2D eigenvalue weighted by molar-refractivity contribution is 0.0313. The molecule has 2 heterocycles. The van der Waals surface area contributed by atoms with E-state index in [-0.39, 0.29) is 5.97 Å². The van der Waals surface area contributed by atoms with Crippen molar-refractivity contribution in [3.63, 3.8) is 0 Å². The van der Waals surface area contributed by atoms with Gasteiger partial charge in [0.25, 0.3) is 0 Å². The van der Waals surface area contributed by atoms with E-state index in [1.165, 1.54) is 6.26 Å². The third-order valence-electron chi connectivity index (χ3n) is 2.65. The Kier molecular flexibility index (Phi) is 4.17. The topological polar surface area (TPSA) is 51.9 Å². The average molecular weight is 239 g/mol. The quantitative estimate of drug-likeness (QED) is 0.741. The number of carbonyl (C=O) groups excluding carboxylic acids is 1. The number of morpholine rings is 1. The third-order valence-corrected chi connectivity index (χ3v) is 2.65. The summed E-state index contributed by atoms with van der Waals surface area (Å²) in [6.07, 6.45) is 1.45. The van der Waals surface area contributed by atoms with Gasteiger partial charge < -0.3 is 13.9 Å². The van der Waals surface area contributed by atoms with Crippen LogP contribution < -0.4 is 0 Å². The van der Waals surface area contributed by atoms with Gasteiger partial charge in [-0.05, 0) is 13.0 Å². The minimum absolute atomic E-state index is 0.329. The first-order valence-electron chi connectivity index (χ1n) is 5.84. The summed E-state index contributed by atoms with van der Waals surface area (Å²) in [4.78, 5) is 13.7. The average Bonchev–Trinajstić information content (AvgIpc) is 2.79. The molecule has 5 nitrogen and oxygen atoms in total. The molecule has 0 N–H and O–H groups in total. The molecule has 0 radical (unpaired) electrons. The standard InChI is InChI=1S/C12H17NO4/c1-2-16-12(14)10-7-11(17-9-10)8-13-3-5-15-6-4-13/h7,9H,2-6,8H2,1H3. The number of rotatable bonds is 4. The van der Waals surface area contributed by atoms with Gasteiger partial charge in [-0.15, -0.1) is 0 Å². The van der Waals surface area contributed by atoms with Crippen molar-refractivity contribution >= 4 is 5.97 Å². The first-order chi connectivity index (χ1) is 8.29. The monoisotopic (exact) mass is 239 g/mol. The van der Waals surface area contributed by atoms with E-state index < -0.39 is 0 Å². The fourth-order valence-corrected chi connectivity index (χ4v) is 1.76. The SMILES string of the molecule is CCOC(=O)c1coc(CN2CCOCC2)c1. The molecule has 1 aromatic heterocycles. The number of furan rings is 1. The highest BCUT2D eigenvalue weighted by Crippen LogP contribution is 2.12. The molecule has 0 atom stereocenters. The van der Waals surface area contributed by atoms with Gasteiger partial charge in [-0.3, -0.25) is 4.90 Å². The molecule has 2 rings (SSSR count). The van der Waals surface area contributed by atoms with Gasteiger partial charge in [0.2, 0.25) is 0 Å². The van der Waals surface area contributed by atoms with Crippen LogP contribution in [0.1, 0.15) is 23.0 Å². The van der Waals surface area contributed by atoms with Gasteiger partial charge in [-0.25, -0.2) is 4.79 Å². The van der Waals surface area contributed by atoms with Crippen LogP contribution in [0.4, 0.5) is 0 Å². The molecule has 0 amide bonds. The lowest BCUT2D eigenvalue weighted by Gasteiger charge is -2.25. The van der Waals surface area contributed by atoms with E-state index in [0.29, 0.717) is 18.7 Å². The number of nitrogens with zero attached hydrogens (tertiary/aromatic N) is 1. The molecular formula is C12H17NO4. The van der Waals surface area contributed by atoms with E-state index in [2.05, 4.69) is 4.90 Å². The van der Waals surface area contributed by atoms with Gasteiger partial charge in [-0.2, -0.15) is 0 Å². The van der Waals surface area contributed by atoms with Crippen molar-refractivity contribution in [2.45, 2.75) is 13.5 Å². The van der Waals surface area contributed by atoms with Crippen molar-refractivity contribution in [3.05, 3.63) is 23.7 Å². The number of carbonyl (C=O) groups is 1. The molecule has 0 saturated carbocycles. The van der Waals surface area contributed by atoms with Crippen molar-refractivity contribution in [3.8, 4) is 0 Å². The summed E-state index contributed by atoms with van der Waals surface area (Å²) in [6, 6.07) is 1.74. The van der Waals surface area contributed by atoms with Gasteiger partial charge in [0.15, 0.2) is 0 Å². The van der Waals surface area contributed by atoms with Gasteiger partial charge in [0.05, 0.1) is 31.9 Å². The summed E-state index contributed by atoms with van der Waals surface area (Å²) in [5.41, 5.74) is 0.482. The molecule has 0 spiro atoms. The Labute approximate surface area is 100 Å². The first-order valence-corrected chi connectivity index (χ1v) is 5.84. The predicted octanol–water partition coefficient (Wildman–Crippen LogP) is 1.29. The summed E-state index contributed by atoms with van der Waals surface area (Å²) in [7, 11) is 0. The maximum Gasteiger partial charge on any atom is 0.341 e. The minimum Gasteiger partial charge on any atom is -0.467 e. The van der Waals surface area contributed by atoms with Crippen LogP contribution in [-0.4, -0.2) is 43.8 Å². The maximum atomic E-state index is 11.4. The van der Waals surface area contributed by atoms with Gasteiger partial charge in [0, 0.05) is 13.1 Å². The lowest BCUT2D eigenvalue weighted by Crippen LogP contribution is -2.35. The van der Waals surface area contributed by atoms with E-state index in [1.54, 1.807) is 13.0 Å². The highest BCUT2D eigenvalue weighted by Gasteiger charge is 2.15. The zero-order chi connectivity index (χ0) is 12.1. The van der Waals surface area contributed by atoms with Gasteiger partial charge in [-0.1, -0.05) is 0 Å². The highest BCUT2D eigenvalue weighted by molar-refractivity contribution is 5.89. The van der Waals surface area contributed by atoms with Crippen LogP contribution in [0.5, 0.6) is 0 Å². The number of esters is 1. The van der Waals surface area contributed by atoms with E-state index >= 15 is 0 Å². The smallest absolute Gasteiger partial charge is 0.341 e. The van der Waals surface area contributed by atoms with Crippen LogP contribution >= 0.6 is 0 Å². The number of hydrogen-bond donors (Lipinski definition) is 0. The molecule has 1 fully saturated rings. The van der Waals surface area contributed by atoms with Crippen LogP contribution in [0.2, 0.25) is 0 Å². The largest absolute Gasteiger partial charge is 0.467 e. The van der Waals surface area contributed by atoms with E-state index in [1.807, 2.05) is 0 Å². The molecule has 1 aromatic rings. The normalized spacial score (nSPS) is 17.0. The minimum atomic E-state index is -0.329. The van der Waals surface area contributed by atoms with Crippen molar-refractivity contribution in [2.24, 2.45) is 0 Å². The Hall–Kier alpha value is -1.33. The van der Waals surface area contributed by atoms with E-state index in [4.69, 9.17) is 13.9 Å². The van der Waals surface area contributed by atoms with E-state index in [0.717, 1.165) is 32.1 Å². The second kappa shape index (κ2) is 5.84. The summed E-state index contributed by atoms with van der Waals surface area (Å²) < 4.78 is 15.5. The first kappa shape index (κ1) is 12.1. The predicted molar refractivity (Wildman–Crippen MR) is 60.8 cm³/mol. The van der Waals surface area contributed by atoms with Crippen LogP contribution in [0, 0.1) is 0 Å². The summed E-state index contributed by atoms with van der Waals surface area (Å²) >= 11 is 0. The lowest BCUT2D eigenvalue weighted by atomic mass is 10.3. The van der Waals surface area contributed by atoms with Crippen LogP contribution in [0.25, 0.3) is 0 Å². The molecule has 17 heavy (non-hydrogen) atoms. The molecule has 0 aliphatic carbocycles. The second-order valence-corrected chi connectivity index (χ2v) is 3.91. The summed E-state index contributed by atoms with van der Waals surface area (Å²) in [5, 5.41) is 0. The van der Waals surface area contributed by atoms with Gasteiger partial charge in [0.1, 0.15) is 12.0 Å². The Bertz CT molecular complexity index is 368. The second-order valence-electron chi connectivity index (χ2n) is 3.91. The summed E-state index contributed by atoms with van der Waals surface area (Å²) in [5.74, 6) is 0.458. The van der Waals surface area contributed by atoms with Crippen molar-refractivity contribution in [1.29, 1.82) is 0 Å². The van der Waals surface area contributed by atoms with E-state index in [9.17, 15) is 4.79 Å². The Balaban J connectivity index is 1.91. The number of hydrogen-bond acceptors (Lipinski definition) is 5. The van der Waals surface area contributed by atoms with Gasteiger partial charge >= 0.3 is 5.97 Å². The molecule has 94 valence electrons. The Morgan fingerprint density at radius 2 is 2.24 bits per heavy atom. The maximum absolute atomic E-state index is 11.4. The molecule has 1 saturated heterocycles. The molecule has 0 bridgehead atoms.